The van der Waals surface area contributed by atoms with Gasteiger partial charge >= 0.3 is 33.0 Å². The van der Waals surface area contributed by atoms with Gasteiger partial charge in [-0.15, -0.1) is 0 Å². The molecule has 1 aromatic rings. The monoisotopic (exact) mass is 440 g/mol. The Morgan fingerprint density at radius 3 is 1.50 bits per heavy atom. The summed E-state index contributed by atoms with van der Waals surface area (Å²) >= 11 is 0. The second kappa shape index (κ2) is 12.0. The molecular formula is C18H35F6N2OP. The number of halogens is 6. The van der Waals surface area contributed by atoms with Gasteiger partial charge in [0, 0.05) is 0 Å². The fraction of sp³-hybridized carbons (Fsp3) is 0.833. The van der Waals surface area contributed by atoms with Crippen molar-refractivity contribution in [1.82, 2.24) is 4.57 Å². The van der Waals surface area contributed by atoms with Crippen LogP contribution < -0.4 is 4.57 Å². The Morgan fingerprint density at radius 2 is 1.14 bits per heavy atom. The van der Waals surface area contributed by atoms with E-state index >= 15 is 0 Å². The Morgan fingerprint density at radius 1 is 0.750 bits per heavy atom. The second-order valence-corrected chi connectivity index (χ2v) is 9.07. The van der Waals surface area contributed by atoms with Gasteiger partial charge in [0.2, 0.25) is 6.33 Å². The number of nitrogens with zero attached hydrogens (tertiary/aromatic N) is 2. The molecule has 0 fully saturated rings. The Hall–Kier alpha value is -0.820. The molecule has 1 aromatic heterocycles. The molecule has 0 radical (unpaired) electrons. The molecule has 0 aliphatic carbocycles. The van der Waals surface area contributed by atoms with E-state index in [1.54, 1.807) is 4.57 Å². The number of rotatable bonds is 14. The molecule has 28 heavy (non-hydrogen) atoms. The zero-order chi connectivity index (χ0) is 21.6. The van der Waals surface area contributed by atoms with Crippen LogP contribution in [0.25, 0.3) is 0 Å². The van der Waals surface area contributed by atoms with Gasteiger partial charge < -0.3 is 5.11 Å². The van der Waals surface area contributed by atoms with Gasteiger partial charge in [0.1, 0.15) is 12.4 Å². The molecule has 1 N–H and O–H groups in total. The van der Waals surface area contributed by atoms with Crippen molar-refractivity contribution in [2.45, 2.75) is 97.2 Å². The third-order valence-electron chi connectivity index (χ3n) is 4.18. The van der Waals surface area contributed by atoms with Gasteiger partial charge in [0.15, 0.2) is 6.73 Å². The van der Waals surface area contributed by atoms with Crippen LogP contribution in [0, 0.1) is 0 Å². The molecule has 170 valence electrons. The molecule has 0 saturated heterocycles. The average molecular weight is 440 g/mol. The Labute approximate surface area is 164 Å². The van der Waals surface area contributed by atoms with Gasteiger partial charge in [-0.2, -0.15) is 0 Å². The van der Waals surface area contributed by atoms with Gasteiger partial charge in [0.25, 0.3) is 0 Å². The molecule has 1 rings (SSSR count). The Balaban J connectivity index is 0.000000887. The first-order valence-corrected chi connectivity index (χ1v) is 12.1. The van der Waals surface area contributed by atoms with E-state index in [1.807, 2.05) is 18.7 Å². The summed E-state index contributed by atoms with van der Waals surface area (Å²) in [4.78, 5) is 0. The van der Waals surface area contributed by atoms with Gasteiger partial charge in [-0.25, -0.2) is 9.13 Å². The summed E-state index contributed by atoms with van der Waals surface area (Å²) in [5, 5.41) is 8.97. The number of aryl methyl sites for hydroxylation is 1. The average Bonchev–Trinajstić information content (AvgIpc) is 3.01. The molecule has 0 aliphatic heterocycles. The summed E-state index contributed by atoms with van der Waals surface area (Å²) in [6.45, 7) is 3.43. The number of unbranched alkanes of at least 4 members (excludes halogenated alkanes) is 11. The van der Waals surface area contributed by atoms with Crippen LogP contribution in [-0.4, -0.2) is 9.67 Å². The maximum atomic E-state index is 9.87. The van der Waals surface area contributed by atoms with Crippen LogP contribution in [0.3, 0.4) is 0 Å². The summed E-state index contributed by atoms with van der Waals surface area (Å²) in [5.74, 6) is 0. The van der Waals surface area contributed by atoms with Crippen molar-refractivity contribution in [3.8, 4) is 0 Å². The quantitative estimate of drug-likeness (QED) is 0.136. The predicted molar refractivity (Wildman–Crippen MR) is 101 cm³/mol. The first-order valence-electron chi connectivity index (χ1n) is 10.0. The van der Waals surface area contributed by atoms with Crippen molar-refractivity contribution in [1.29, 1.82) is 0 Å². The molecule has 0 unspecified atom stereocenters. The predicted octanol–water partition coefficient (Wildman–Crippen LogP) is 7.81. The summed E-state index contributed by atoms with van der Waals surface area (Å²) in [6, 6.07) is 0. The number of aromatic nitrogens is 2. The molecule has 0 bridgehead atoms. The van der Waals surface area contributed by atoms with Gasteiger partial charge in [-0.1, -0.05) is 71.1 Å². The van der Waals surface area contributed by atoms with Crippen molar-refractivity contribution in [2.24, 2.45) is 0 Å². The van der Waals surface area contributed by atoms with Crippen LogP contribution in [0.1, 0.15) is 84.0 Å². The molecule has 0 atom stereocenters. The number of imidazole rings is 1. The molecule has 0 amide bonds. The zero-order valence-corrected chi connectivity index (χ0v) is 17.6. The molecule has 3 nitrogen and oxygen atoms in total. The third kappa shape index (κ3) is 25.2. The van der Waals surface area contributed by atoms with Gasteiger partial charge in [0.05, 0.1) is 6.54 Å². The van der Waals surface area contributed by atoms with Crippen LogP contribution in [0.2, 0.25) is 0 Å². The van der Waals surface area contributed by atoms with Gasteiger partial charge in [-0.05, 0) is 12.8 Å². The van der Waals surface area contributed by atoms with Crippen molar-refractivity contribution in [2.75, 3.05) is 0 Å². The van der Waals surface area contributed by atoms with E-state index in [0.29, 0.717) is 0 Å². The number of hydrogen-bond donors (Lipinski definition) is 1. The summed E-state index contributed by atoms with van der Waals surface area (Å²) < 4.78 is 63.1. The van der Waals surface area contributed by atoms with Crippen LogP contribution in [0.15, 0.2) is 18.7 Å². The molecule has 0 aliphatic rings. The third-order valence-corrected chi connectivity index (χ3v) is 4.18. The van der Waals surface area contributed by atoms with Crippen molar-refractivity contribution in [3.05, 3.63) is 18.7 Å². The van der Waals surface area contributed by atoms with E-state index in [1.165, 1.54) is 77.0 Å². The normalized spacial score (nSPS) is 14.1. The van der Waals surface area contributed by atoms with E-state index in [4.69, 9.17) is 5.11 Å². The van der Waals surface area contributed by atoms with E-state index in [-0.39, 0.29) is 6.73 Å². The molecule has 0 aromatic carbocycles. The minimum atomic E-state index is -10.7. The van der Waals surface area contributed by atoms with Crippen molar-refractivity contribution in [3.63, 3.8) is 0 Å². The van der Waals surface area contributed by atoms with Crippen LogP contribution >= 0.6 is 7.81 Å². The Bertz CT molecular complexity index is 507. The standard InChI is InChI=1S/C18H35N2O.F6P/c1-2-3-4-5-6-7-8-9-10-11-12-13-14-19-15-16-20(17-19)18-21;1-7(2,3,4,5)6/h15-17,21H,2-14,18H2,1H3;/q+1;-1. The number of hydrogen-bond acceptors (Lipinski definition) is 1. The summed E-state index contributed by atoms with van der Waals surface area (Å²) in [6.07, 6.45) is 22.6. The maximum absolute atomic E-state index is 10.7. The van der Waals surface area contributed by atoms with Gasteiger partial charge in [-0.3, -0.25) is 0 Å². The Kier molecular flexibility index (Phi) is 11.7. The van der Waals surface area contributed by atoms with Crippen LogP contribution in [0.4, 0.5) is 25.2 Å². The molecule has 1 heterocycles. The van der Waals surface area contributed by atoms with E-state index < -0.39 is 7.81 Å². The fourth-order valence-corrected chi connectivity index (χ4v) is 2.79. The topological polar surface area (TPSA) is 29.0 Å². The first kappa shape index (κ1) is 27.2. The first-order chi connectivity index (χ1) is 12.8. The van der Waals surface area contributed by atoms with Crippen molar-refractivity contribution >= 4 is 7.81 Å². The second-order valence-electron chi connectivity index (χ2n) is 7.15. The van der Waals surface area contributed by atoms with Crippen LogP contribution in [-0.2, 0) is 13.3 Å². The molecule has 0 saturated carbocycles. The van der Waals surface area contributed by atoms with E-state index in [2.05, 4.69) is 11.5 Å². The fourth-order valence-electron chi connectivity index (χ4n) is 2.79. The molecule has 0 spiro atoms. The van der Waals surface area contributed by atoms with Crippen LogP contribution in [0.5, 0.6) is 0 Å². The van der Waals surface area contributed by atoms with E-state index in [0.717, 1.165) is 6.54 Å². The molecule has 10 heteroatoms. The summed E-state index contributed by atoms with van der Waals surface area (Å²) in [7, 11) is -10.7. The SMILES string of the molecule is CCCCCCCCCCCCCC[n+]1ccn(CO)c1.F[P-](F)(F)(F)(F)F. The summed E-state index contributed by atoms with van der Waals surface area (Å²) in [5.41, 5.74) is 0. The number of aliphatic hydroxyl groups excluding tert-OH is 1. The molecular weight excluding hydrogens is 405 g/mol. The van der Waals surface area contributed by atoms with Crippen molar-refractivity contribution < 1.29 is 34.9 Å². The zero-order valence-electron chi connectivity index (χ0n) is 16.7. The number of aliphatic hydroxyl groups is 1. The van der Waals surface area contributed by atoms with E-state index in [9.17, 15) is 25.2 Å². The minimum absolute atomic E-state index is 0.0748.